The van der Waals surface area contributed by atoms with Gasteiger partial charge in [0, 0.05) is 25.2 Å². The summed E-state index contributed by atoms with van der Waals surface area (Å²) in [4.78, 5) is 0. The van der Waals surface area contributed by atoms with Crippen LogP contribution in [0.5, 0.6) is 0 Å². The molecule has 0 amide bonds. The molecule has 1 aromatic carbocycles. The third kappa shape index (κ3) is 2.03. The average Bonchev–Trinajstić information content (AvgIpc) is 2.84. The fourth-order valence-electron chi connectivity index (χ4n) is 2.48. The molecule has 2 aliphatic rings. The third-order valence-electron chi connectivity index (χ3n) is 3.39. The summed E-state index contributed by atoms with van der Waals surface area (Å²) in [5.41, 5.74) is 0.550. The van der Waals surface area contributed by atoms with Crippen LogP contribution in [0.25, 0.3) is 0 Å². The number of hydrazine groups is 1. The fourth-order valence-corrected chi connectivity index (χ4v) is 2.48. The Balaban J connectivity index is 1.85. The van der Waals surface area contributed by atoms with Crippen LogP contribution in [0.2, 0.25) is 0 Å². The number of ether oxygens (including phenoxy) is 2. The zero-order valence-electron chi connectivity index (χ0n) is 10.2. The number of alkyl halides is 1. The summed E-state index contributed by atoms with van der Waals surface area (Å²) in [6.45, 7) is 3.68. The molecule has 0 aliphatic carbocycles. The Morgan fingerprint density at radius 3 is 2.44 bits per heavy atom. The lowest BCUT2D eigenvalue weighted by atomic mass is 10.2. The van der Waals surface area contributed by atoms with Crippen molar-refractivity contribution in [2.24, 2.45) is 0 Å². The van der Waals surface area contributed by atoms with Crippen LogP contribution in [0.3, 0.4) is 0 Å². The van der Waals surface area contributed by atoms with Gasteiger partial charge in [0.15, 0.2) is 0 Å². The van der Waals surface area contributed by atoms with E-state index in [4.69, 9.17) is 9.47 Å². The van der Waals surface area contributed by atoms with Crippen molar-refractivity contribution in [2.45, 2.75) is 5.98 Å². The quantitative estimate of drug-likeness (QED) is 0.742. The van der Waals surface area contributed by atoms with E-state index in [2.05, 4.69) is 0 Å². The predicted octanol–water partition coefficient (Wildman–Crippen LogP) is 1.35. The average molecular weight is 252 g/mol. The molecule has 0 saturated carbocycles. The Kier molecular flexibility index (Phi) is 3.30. The molecule has 3 rings (SSSR count). The highest BCUT2D eigenvalue weighted by molar-refractivity contribution is 5.20. The van der Waals surface area contributed by atoms with Gasteiger partial charge >= 0.3 is 5.98 Å². The number of morpholine rings is 1. The van der Waals surface area contributed by atoms with Gasteiger partial charge in [-0.05, 0) is 0 Å². The van der Waals surface area contributed by atoms with Gasteiger partial charge in [-0.15, -0.1) is 0 Å². The minimum absolute atomic E-state index is 0.406. The molecule has 4 nitrogen and oxygen atoms in total. The number of rotatable bonds is 2. The molecule has 2 fully saturated rings. The molecular weight excluding hydrogens is 235 g/mol. The molecule has 2 aliphatic heterocycles. The molecule has 0 bridgehead atoms. The van der Waals surface area contributed by atoms with E-state index < -0.39 is 5.98 Å². The van der Waals surface area contributed by atoms with Crippen LogP contribution in [-0.4, -0.2) is 49.5 Å². The van der Waals surface area contributed by atoms with Gasteiger partial charge in [-0.2, -0.15) is 9.40 Å². The largest absolute Gasteiger partial charge is 0.379 e. The molecule has 0 N–H and O–H groups in total. The minimum Gasteiger partial charge on any atom is -0.379 e. The van der Waals surface area contributed by atoms with Gasteiger partial charge in [0.25, 0.3) is 0 Å². The van der Waals surface area contributed by atoms with Gasteiger partial charge in [-0.25, -0.2) is 5.01 Å². The van der Waals surface area contributed by atoms with Crippen LogP contribution in [0.1, 0.15) is 5.56 Å². The summed E-state index contributed by atoms with van der Waals surface area (Å²) in [5.74, 6) is -1.83. The minimum atomic E-state index is -1.83. The first kappa shape index (κ1) is 12.0. The maximum atomic E-state index is 15.1. The van der Waals surface area contributed by atoms with Crippen LogP contribution in [-0.2, 0) is 15.5 Å². The number of hydrogen-bond donors (Lipinski definition) is 0. The van der Waals surface area contributed by atoms with E-state index in [-0.39, 0.29) is 0 Å². The van der Waals surface area contributed by atoms with Crippen LogP contribution in [0.4, 0.5) is 4.39 Å². The van der Waals surface area contributed by atoms with Crippen molar-refractivity contribution in [2.75, 3.05) is 39.5 Å². The number of hydrogen-bond acceptors (Lipinski definition) is 4. The Morgan fingerprint density at radius 2 is 1.72 bits per heavy atom. The van der Waals surface area contributed by atoms with Gasteiger partial charge in [-0.1, -0.05) is 30.3 Å². The molecule has 5 heteroatoms. The number of nitrogens with zero attached hydrogens (tertiary/aromatic N) is 2. The van der Waals surface area contributed by atoms with E-state index in [0.29, 0.717) is 45.0 Å². The molecule has 2 saturated heterocycles. The maximum absolute atomic E-state index is 15.1. The van der Waals surface area contributed by atoms with Crippen molar-refractivity contribution in [1.82, 2.24) is 10.0 Å². The zero-order chi connectivity index (χ0) is 12.4. The van der Waals surface area contributed by atoms with Crippen LogP contribution in [0.15, 0.2) is 30.3 Å². The lowest BCUT2D eigenvalue weighted by Gasteiger charge is -2.40. The van der Waals surface area contributed by atoms with Crippen molar-refractivity contribution in [3.05, 3.63) is 35.9 Å². The second kappa shape index (κ2) is 4.93. The molecular formula is C13H17FN2O2. The summed E-state index contributed by atoms with van der Waals surface area (Å²) in [6.07, 6.45) is 0. The Hall–Kier alpha value is -1.01. The summed E-state index contributed by atoms with van der Waals surface area (Å²) in [7, 11) is 0. The SMILES string of the molecule is FC1(c2ccccc2)OCCN1N1CCOCC1. The van der Waals surface area contributed by atoms with E-state index in [1.807, 2.05) is 23.2 Å². The summed E-state index contributed by atoms with van der Waals surface area (Å²) in [6, 6.07) is 9.06. The van der Waals surface area contributed by atoms with Gasteiger partial charge < -0.3 is 9.47 Å². The monoisotopic (exact) mass is 252 g/mol. The maximum Gasteiger partial charge on any atom is 0.308 e. The van der Waals surface area contributed by atoms with Gasteiger partial charge in [0.2, 0.25) is 0 Å². The van der Waals surface area contributed by atoms with Crippen molar-refractivity contribution in [1.29, 1.82) is 0 Å². The number of benzene rings is 1. The normalized spacial score (nSPS) is 30.7. The molecule has 2 heterocycles. The van der Waals surface area contributed by atoms with E-state index in [9.17, 15) is 0 Å². The molecule has 1 unspecified atom stereocenters. The number of halogens is 1. The van der Waals surface area contributed by atoms with E-state index in [1.54, 1.807) is 17.1 Å². The third-order valence-corrected chi connectivity index (χ3v) is 3.39. The Morgan fingerprint density at radius 1 is 1.00 bits per heavy atom. The second-order valence-electron chi connectivity index (χ2n) is 4.46. The van der Waals surface area contributed by atoms with Crippen molar-refractivity contribution < 1.29 is 13.9 Å². The van der Waals surface area contributed by atoms with Gasteiger partial charge in [-0.3, -0.25) is 0 Å². The van der Waals surface area contributed by atoms with E-state index in [1.165, 1.54) is 0 Å². The van der Waals surface area contributed by atoms with Crippen molar-refractivity contribution >= 4 is 0 Å². The summed E-state index contributed by atoms with van der Waals surface area (Å²) in [5, 5.41) is 3.67. The standard InChI is InChI=1S/C13H17FN2O2/c14-13(12-4-2-1-3-5-12)16(8-11-18-13)15-6-9-17-10-7-15/h1-5H,6-11H2. The van der Waals surface area contributed by atoms with Crippen LogP contribution >= 0.6 is 0 Å². The van der Waals surface area contributed by atoms with E-state index >= 15 is 4.39 Å². The molecule has 1 atom stereocenters. The molecule has 1 aromatic rings. The Bertz CT molecular complexity index is 397. The molecule has 0 spiro atoms. The predicted molar refractivity (Wildman–Crippen MR) is 64.3 cm³/mol. The van der Waals surface area contributed by atoms with Gasteiger partial charge in [0.05, 0.1) is 19.8 Å². The Labute approximate surface area is 106 Å². The smallest absolute Gasteiger partial charge is 0.308 e. The molecule has 18 heavy (non-hydrogen) atoms. The molecule has 98 valence electrons. The van der Waals surface area contributed by atoms with E-state index in [0.717, 1.165) is 0 Å². The highest BCUT2D eigenvalue weighted by atomic mass is 19.2. The van der Waals surface area contributed by atoms with Crippen molar-refractivity contribution in [3.8, 4) is 0 Å². The lowest BCUT2D eigenvalue weighted by Crippen LogP contribution is -2.54. The zero-order valence-corrected chi connectivity index (χ0v) is 10.2. The second-order valence-corrected chi connectivity index (χ2v) is 4.46. The van der Waals surface area contributed by atoms with Crippen LogP contribution < -0.4 is 0 Å². The van der Waals surface area contributed by atoms with Gasteiger partial charge in [0.1, 0.15) is 0 Å². The summed E-state index contributed by atoms with van der Waals surface area (Å²) < 4.78 is 25.8. The lowest BCUT2D eigenvalue weighted by molar-refractivity contribution is -0.271. The first-order valence-corrected chi connectivity index (χ1v) is 6.29. The highest BCUT2D eigenvalue weighted by Gasteiger charge is 2.47. The first-order valence-electron chi connectivity index (χ1n) is 6.29. The molecule has 0 radical (unpaired) electrons. The van der Waals surface area contributed by atoms with Crippen molar-refractivity contribution in [3.63, 3.8) is 0 Å². The topological polar surface area (TPSA) is 24.9 Å². The highest BCUT2D eigenvalue weighted by Crippen LogP contribution is 2.36. The fraction of sp³-hybridized carbons (Fsp3) is 0.538. The summed E-state index contributed by atoms with van der Waals surface area (Å²) >= 11 is 0. The first-order chi connectivity index (χ1) is 8.81. The molecule has 0 aromatic heterocycles. The van der Waals surface area contributed by atoms with Crippen LogP contribution in [0, 0.1) is 0 Å².